The average Bonchev–Trinajstić information content (AvgIpc) is 3.13. The molecule has 0 saturated carbocycles. The fourth-order valence-corrected chi connectivity index (χ4v) is 4.61. The van der Waals surface area contributed by atoms with E-state index in [0.717, 1.165) is 49.2 Å². The predicted octanol–water partition coefficient (Wildman–Crippen LogP) is 3.91. The van der Waals surface area contributed by atoms with E-state index < -0.39 is 0 Å². The first-order chi connectivity index (χ1) is 14.8. The summed E-state index contributed by atoms with van der Waals surface area (Å²) in [6, 6.07) is 11.8. The molecule has 3 aromatic rings. The molecule has 0 bridgehead atoms. The van der Waals surface area contributed by atoms with Crippen molar-refractivity contribution in [2.45, 2.75) is 36.9 Å². The van der Waals surface area contributed by atoms with Crippen molar-refractivity contribution >= 4 is 17.7 Å². The van der Waals surface area contributed by atoms with Crippen LogP contribution in [0, 0.1) is 0 Å². The summed E-state index contributed by atoms with van der Waals surface area (Å²) < 4.78 is 7.11. The maximum atomic E-state index is 13.2. The first kappa shape index (κ1) is 20.4. The van der Waals surface area contributed by atoms with E-state index in [9.17, 15) is 4.79 Å². The zero-order chi connectivity index (χ0) is 20.8. The van der Waals surface area contributed by atoms with Crippen molar-refractivity contribution in [3.05, 3.63) is 60.7 Å². The van der Waals surface area contributed by atoms with Gasteiger partial charge in [-0.1, -0.05) is 24.6 Å². The Morgan fingerprint density at radius 2 is 1.93 bits per heavy atom. The zero-order valence-corrected chi connectivity index (χ0v) is 17.8. The lowest BCUT2D eigenvalue weighted by Crippen LogP contribution is -2.36. The number of carbonyl (C=O) groups is 1. The minimum Gasteiger partial charge on any atom is -0.497 e. The van der Waals surface area contributed by atoms with Gasteiger partial charge in [0.25, 0.3) is 0 Å². The van der Waals surface area contributed by atoms with E-state index >= 15 is 0 Å². The van der Waals surface area contributed by atoms with Crippen LogP contribution in [0.5, 0.6) is 5.75 Å². The summed E-state index contributed by atoms with van der Waals surface area (Å²) in [4.78, 5) is 19.3. The Hall–Kier alpha value is -2.87. The standard InChI is InChI=1S/C22H25N5O2S/c1-29-19-8-6-18(7-9-19)27-16-24-25-22(27)30-15-21(28)26-14-4-2-3-5-20(26)17-10-12-23-13-11-17/h6-13,16,20H,2-5,14-15H2,1H3. The van der Waals surface area contributed by atoms with E-state index in [-0.39, 0.29) is 11.9 Å². The molecule has 30 heavy (non-hydrogen) atoms. The molecule has 0 spiro atoms. The summed E-state index contributed by atoms with van der Waals surface area (Å²) in [5, 5.41) is 8.95. The Morgan fingerprint density at radius 1 is 1.13 bits per heavy atom. The predicted molar refractivity (Wildman–Crippen MR) is 116 cm³/mol. The van der Waals surface area contributed by atoms with Crippen molar-refractivity contribution in [1.82, 2.24) is 24.6 Å². The number of rotatable bonds is 6. The lowest BCUT2D eigenvalue weighted by atomic mass is 10.0. The van der Waals surface area contributed by atoms with Crippen LogP contribution < -0.4 is 4.74 Å². The molecular weight excluding hydrogens is 398 g/mol. The highest BCUT2D eigenvalue weighted by atomic mass is 32.2. The van der Waals surface area contributed by atoms with Crippen molar-refractivity contribution in [2.24, 2.45) is 0 Å². The molecule has 1 amide bonds. The number of hydrogen-bond donors (Lipinski definition) is 0. The van der Waals surface area contributed by atoms with Crippen molar-refractivity contribution in [3.8, 4) is 11.4 Å². The summed E-state index contributed by atoms with van der Waals surface area (Å²) in [6.07, 6.45) is 9.59. The summed E-state index contributed by atoms with van der Waals surface area (Å²) in [7, 11) is 1.64. The molecule has 7 nitrogen and oxygen atoms in total. The summed E-state index contributed by atoms with van der Waals surface area (Å²) >= 11 is 1.42. The Kier molecular flexibility index (Phi) is 6.63. The number of likely N-dealkylation sites (tertiary alicyclic amines) is 1. The molecule has 156 valence electrons. The van der Waals surface area contributed by atoms with Gasteiger partial charge in [0.05, 0.1) is 18.9 Å². The Bertz CT molecular complexity index is 961. The van der Waals surface area contributed by atoms with Gasteiger partial charge >= 0.3 is 0 Å². The summed E-state index contributed by atoms with van der Waals surface area (Å²) in [6.45, 7) is 0.789. The Morgan fingerprint density at radius 3 is 2.70 bits per heavy atom. The zero-order valence-electron chi connectivity index (χ0n) is 17.0. The Labute approximate surface area is 180 Å². The maximum Gasteiger partial charge on any atom is 0.233 e. The first-order valence-corrected chi connectivity index (χ1v) is 11.1. The summed E-state index contributed by atoms with van der Waals surface area (Å²) in [5.74, 6) is 1.25. The van der Waals surface area contributed by atoms with Gasteiger partial charge < -0.3 is 9.64 Å². The molecule has 1 aliphatic rings. The highest BCUT2D eigenvalue weighted by molar-refractivity contribution is 7.99. The summed E-state index contributed by atoms with van der Waals surface area (Å²) in [5.41, 5.74) is 2.09. The molecule has 1 saturated heterocycles. The first-order valence-electron chi connectivity index (χ1n) is 10.1. The van der Waals surface area contributed by atoms with Crippen LogP contribution in [-0.4, -0.2) is 50.0 Å². The van der Waals surface area contributed by atoms with Crippen LogP contribution in [0.3, 0.4) is 0 Å². The van der Waals surface area contributed by atoms with Gasteiger partial charge in [-0.25, -0.2) is 0 Å². The van der Waals surface area contributed by atoms with Gasteiger partial charge in [-0.2, -0.15) is 0 Å². The largest absolute Gasteiger partial charge is 0.497 e. The van der Waals surface area contributed by atoms with Gasteiger partial charge in [-0.3, -0.25) is 14.3 Å². The number of amides is 1. The molecule has 0 radical (unpaired) electrons. The molecule has 0 N–H and O–H groups in total. The quantitative estimate of drug-likeness (QED) is 0.560. The van der Waals surface area contributed by atoms with Crippen LogP contribution in [0.1, 0.15) is 37.3 Å². The molecule has 4 rings (SSSR count). The van der Waals surface area contributed by atoms with Crippen LogP contribution >= 0.6 is 11.8 Å². The van der Waals surface area contributed by atoms with Gasteiger partial charge in [-0.15, -0.1) is 10.2 Å². The van der Waals surface area contributed by atoms with Crippen molar-refractivity contribution in [1.29, 1.82) is 0 Å². The number of hydrogen-bond acceptors (Lipinski definition) is 6. The molecule has 1 unspecified atom stereocenters. The maximum absolute atomic E-state index is 13.2. The molecule has 1 atom stereocenters. The smallest absolute Gasteiger partial charge is 0.233 e. The number of aromatic nitrogens is 4. The monoisotopic (exact) mass is 423 g/mol. The average molecular weight is 424 g/mol. The molecule has 3 heterocycles. The van der Waals surface area contributed by atoms with Crippen LogP contribution in [-0.2, 0) is 4.79 Å². The topological polar surface area (TPSA) is 73.1 Å². The molecule has 1 aliphatic heterocycles. The minimum absolute atomic E-state index is 0.114. The number of methoxy groups -OCH3 is 1. The van der Waals surface area contributed by atoms with E-state index in [1.807, 2.05) is 45.9 Å². The molecule has 1 fully saturated rings. The lowest BCUT2D eigenvalue weighted by molar-refractivity contribution is -0.130. The van der Waals surface area contributed by atoms with Gasteiger partial charge in [0.2, 0.25) is 5.91 Å². The van der Waals surface area contributed by atoms with E-state index in [0.29, 0.717) is 10.9 Å². The van der Waals surface area contributed by atoms with Crippen molar-refractivity contribution in [2.75, 3.05) is 19.4 Å². The van der Waals surface area contributed by atoms with E-state index in [1.54, 1.807) is 25.8 Å². The van der Waals surface area contributed by atoms with Gasteiger partial charge in [0, 0.05) is 24.6 Å². The van der Waals surface area contributed by atoms with Crippen LogP contribution in [0.25, 0.3) is 5.69 Å². The SMILES string of the molecule is COc1ccc(-n2cnnc2SCC(=O)N2CCCCCC2c2ccncc2)cc1. The Balaban J connectivity index is 1.47. The third-order valence-corrected chi connectivity index (χ3v) is 6.28. The van der Waals surface area contributed by atoms with Gasteiger partial charge in [0.15, 0.2) is 5.16 Å². The highest BCUT2D eigenvalue weighted by Crippen LogP contribution is 2.31. The van der Waals surface area contributed by atoms with Crippen LogP contribution in [0.15, 0.2) is 60.3 Å². The number of benzene rings is 1. The van der Waals surface area contributed by atoms with Gasteiger partial charge in [-0.05, 0) is 54.8 Å². The van der Waals surface area contributed by atoms with E-state index in [4.69, 9.17) is 4.74 Å². The van der Waals surface area contributed by atoms with E-state index in [2.05, 4.69) is 15.2 Å². The fourth-order valence-electron chi connectivity index (χ4n) is 3.79. The molecular formula is C22H25N5O2S. The second-order valence-corrected chi connectivity index (χ2v) is 8.15. The number of nitrogens with zero attached hydrogens (tertiary/aromatic N) is 5. The minimum atomic E-state index is 0.114. The lowest BCUT2D eigenvalue weighted by Gasteiger charge is -2.30. The normalized spacial score (nSPS) is 16.8. The number of pyridine rings is 1. The van der Waals surface area contributed by atoms with Crippen LogP contribution in [0.2, 0.25) is 0 Å². The molecule has 8 heteroatoms. The van der Waals surface area contributed by atoms with Crippen molar-refractivity contribution < 1.29 is 9.53 Å². The van der Waals surface area contributed by atoms with Gasteiger partial charge in [0.1, 0.15) is 12.1 Å². The molecule has 2 aromatic heterocycles. The molecule has 0 aliphatic carbocycles. The molecule has 1 aromatic carbocycles. The number of carbonyl (C=O) groups excluding carboxylic acids is 1. The number of ether oxygens (including phenoxy) is 1. The second kappa shape index (κ2) is 9.75. The second-order valence-electron chi connectivity index (χ2n) is 7.20. The third kappa shape index (κ3) is 4.64. The van der Waals surface area contributed by atoms with Crippen molar-refractivity contribution in [3.63, 3.8) is 0 Å². The fraction of sp³-hybridized carbons (Fsp3) is 0.364. The third-order valence-electron chi connectivity index (χ3n) is 5.36. The van der Waals surface area contributed by atoms with E-state index in [1.165, 1.54) is 11.8 Å². The number of thioether (sulfide) groups is 1. The van der Waals surface area contributed by atoms with Crippen LogP contribution in [0.4, 0.5) is 0 Å². The highest BCUT2D eigenvalue weighted by Gasteiger charge is 2.27.